The summed E-state index contributed by atoms with van der Waals surface area (Å²) in [4.78, 5) is 13.6. The van der Waals surface area contributed by atoms with Crippen molar-refractivity contribution in [3.8, 4) is 0 Å². The zero-order chi connectivity index (χ0) is 9.52. The molecule has 1 aromatic rings. The molecule has 1 rings (SSSR count). The van der Waals surface area contributed by atoms with Gasteiger partial charge in [-0.25, -0.2) is 0 Å². The maximum Gasteiger partial charge on any atom is 0.129 e. The van der Waals surface area contributed by atoms with E-state index in [0.29, 0.717) is 6.42 Å². The number of carbonyl (C=O) groups is 1. The van der Waals surface area contributed by atoms with Crippen LogP contribution in [0.4, 0.5) is 0 Å². The molecule has 0 aliphatic carbocycles. The van der Waals surface area contributed by atoms with Crippen LogP contribution in [0, 0.1) is 0 Å². The Morgan fingerprint density at radius 3 is 3.08 bits per heavy atom. The summed E-state index contributed by atoms with van der Waals surface area (Å²) in [5.74, 6) is 0.267. The Labute approximate surface area is 78.5 Å². The summed E-state index contributed by atoms with van der Waals surface area (Å²) in [5.41, 5.74) is 1.25. The molecule has 0 spiro atoms. The van der Waals surface area contributed by atoms with Crippen molar-refractivity contribution in [1.29, 1.82) is 0 Å². The fourth-order valence-electron chi connectivity index (χ4n) is 1.16. The minimum atomic E-state index is 0.267. The number of carbonyl (C=O) groups excluding carboxylic acids is 1. The summed E-state index contributed by atoms with van der Waals surface area (Å²) in [6.07, 6.45) is 5.49. The topological polar surface area (TPSA) is 44.9 Å². The Bertz CT molecular complexity index is 241. The highest BCUT2D eigenvalue weighted by atomic mass is 16.1. The van der Waals surface area contributed by atoms with E-state index in [2.05, 4.69) is 10.3 Å². The normalized spacial score (nSPS) is 10.2. The minimum Gasteiger partial charge on any atom is -0.367 e. The lowest BCUT2D eigenvalue weighted by atomic mass is 10.2. The highest BCUT2D eigenvalue weighted by Gasteiger charge is 1.94. The lowest BCUT2D eigenvalue weighted by Gasteiger charge is -2.00. The highest BCUT2D eigenvalue weighted by molar-refractivity contribution is 5.75. The number of H-pyrrole nitrogens is 1. The van der Waals surface area contributed by atoms with E-state index in [0.717, 1.165) is 19.5 Å². The van der Waals surface area contributed by atoms with Gasteiger partial charge in [-0.15, -0.1) is 0 Å². The van der Waals surface area contributed by atoms with E-state index in [1.165, 1.54) is 5.56 Å². The zero-order valence-corrected chi connectivity index (χ0v) is 7.97. The Balaban J connectivity index is 1.99. The summed E-state index contributed by atoms with van der Waals surface area (Å²) in [7, 11) is 0. The van der Waals surface area contributed by atoms with Gasteiger partial charge in [-0.2, -0.15) is 0 Å². The number of Topliss-reactive ketones (excluding diaryl/α,β-unsaturated/α-hetero) is 1. The number of nitrogens with one attached hydrogen (secondary N) is 2. The minimum absolute atomic E-state index is 0.267. The van der Waals surface area contributed by atoms with Crippen molar-refractivity contribution < 1.29 is 4.79 Å². The van der Waals surface area contributed by atoms with Crippen LogP contribution < -0.4 is 5.32 Å². The number of rotatable bonds is 6. The second-order valence-corrected chi connectivity index (χ2v) is 3.20. The van der Waals surface area contributed by atoms with E-state index >= 15 is 0 Å². The Kier molecular flexibility index (Phi) is 4.26. The maximum atomic E-state index is 10.6. The number of ketones is 1. The van der Waals surface area contributed by atoms with Gasteiger partial charge < -0.3 is 15.1 Å². The molecular weight excluding hydrogens is 164 g/mol. The molecule has 1 aromatic heterocycles. The molecule has 3 heteroatoms. The zero-order valence-electron chi connectivity index (χ0n) is 7.97. The SMILES string of the molecule is CC(=O)CCCNCc1cc[nH]c1. The van der Waals surface area contributed by atoms with Crippen LogP contribution in [0.1, 0.15) is 25.3 Å². The number of hydrogen-bond acceptors (Lipinski definition) is 2. The summed E-state index contributed by atoms with van der Waals surface area (Å²) in [6, 6.07) is 2.04. The first-order chi connectivity index (χ1) is 6.29. The molecule has 0 atom stereocenters. The van der Waals surface area contributed by atoms with E-state index in [9.17, 15) is 4.79 Å². The smallest absolute Gasteiger partial charge is 0.129 e. The average Bonchev–Trinajstić information content (AvgIpc) is 2.55. The molecule has 0 saturated heterocycles. The maximum absolute atomic E-state index is 10.6. The molecule has 72 valence electrons. The number of hydrogen-bond donors (Lipinski definition) is 2. The second-order valence-electron chi connectivity index (χ2n) is 3.20. The van der Waals surface area contributed by atoms with Gasteiger partial charge in [-0.1, -0.05) is 0 Å². The second kappa shape index (κ2) is 5.54. The van der Waals surface area contributed by atoms with Crippen molar-refractivity contribution >= 4 is 5.78 Å². The molecule has 0 bridgehead atoms. The van der Waals surface area contributed by atoms with E-state index in [4.69, 9.17) is 0 Å². The molecule has 0 aliphatic rings. The van der Waals surface area contributed by atoms with Gasteiger partial charge in [0.2, 0.25) is 0 Å². The molecule has 0 fully saturated rings. The van der Waals surface area contributed by atoms with Crippen molar-refractivity contribution in [3.05, 3.63) is 24.0 Å². The van der Waals surface area contributed by atoms with Gasteiger partial charge in [-0.3, -0.25) is 0 Å². The van der Waals surface area contributed by atoms with Crippen molar-refractivity contribution in [1.82, 2.24) is 10.3 Å². The van der Waals surface area contributed by atoms with Crippen LogP contribution in [-0.2, 0) is 11.3 Å². The number of aromatic amines is 1. The largest absolute Gasteiger partial charge is 0.367 e. The molecule has 0 aromatic carbocycles. The third kappa shape index (κ3) is 4.48. The monoisotopic (exact) mass is 180 g/mol. The Morgan fingerprint density at radius 1 is 1.62 bits per heavy atom. The molecule has 0 radical (unpaired) electrons. The summed E-state index contributed by atoms with van der Waals surface area (Å²) in [5, 5.41) is 3.27. The summed E-state index contributed by atoms with van der Waals surface area (Å²) in [6.45, 7) is 3.42. The van der Waals surface area contributed by atoms with E-state index in [1.54, 1.807) is 6.92 Å². The molecule has 0 amide bonds. The van der Waals surface area contributed by atoms with E-state index < -0.39 is 0 Å². The third-order valence-corrected chi connectivity index (χ3v) is 1.87. The molecule has 1 heterocycles. The van der Waals surface area contributed by atoms with Crippen LogP contribution >= 0.6 is 0 Å². The molecule has 0 aliphatic heterocycles. The predicted octanol–water partition coefficient (Wildman–Crippen LogP) is 1.47. The van der Waals surface area contributed by atoms with Crippen molar-refractivity contribution in [2.45, 2.75) is 26.3 Å². The van der Waals surface area contributed by atoms with Crippen LogP contribution in [-0.4, -0.2) is 17.3 Å². The lowest BCUT2D eigenvalue weighted by Crippen LogP contribution is -2.14. The van der Waals surface area contributed by atoms with E-state index in [1.807, 2.05) is 18.5 Å². The Hall–Kier alpha value is -1.09. The van der Waals surface area contributed by atoms with Gasteiger partial charge in [0.15, 0.2) is 0 Å². The quantitative estimate of drug-likeness (QED) is 0.651. The fraction of sp³-hybridized carbons (Fsp3) is 0.500. The molecule has 13 heavy (non-hydrogen) atoms. The molecular formula is C10H16N2O. The van der Waals surface area contributed by atoms with Crippen LogP contribution in [0.3, 0.4) is 0 Å². The van der Waals surface area contributed by atoms with Gasteiger partial charge in [0, 0.05) is 25.4 Å². The predicted molar refractivity (Wildman–Crippen MR) is 52.4 cm³/mol. The first kappa shape index (κ1) is 9.99. The Morgan fingerprint density at radius 2 is 2.46 bits per heavy atom. The summed E-state index contributed by atoms with van der Waals surface area (Å²) < 4.78 is 0. The van der Waals surface area contributed by atoms with Gasteiger partial charge in [0.05, 0.1) is 0 Å². The standard InChI is InChI=1S/C10H16N2O/c1-9(13)3-2-5-11-7-10-4-6-12-8-10/h4,6,8,11-12H,2-3,5,7H2,1H3. The van der Waals surface area contributed by atoms with Gasteiger partial charge in [0.1, 0.15) is 5.78 Å². The molecule has 2 N–H and O–H groups in total. The summed E-state index contributed by atoms with van der Waals surface area (Å²) >= 11 is 0. The van der Waals surface area contributed by atoms with Gasteiger partial charge >= 0.3 is 0 Å². The van der Waals surface area contributed by atoms with Crippen LogP contribution in [0.15, 0.2) is 18.5 Å². The van der Waals surface area contributed by atoms with Crippen LogP contribution in [0.5, 0.6) is 0 Å². The fourth-order valence-corrected chi connectivity index (χ4v) is 1.16. The first-order valence-corrected chi connectivity index (χ1v) is 4.61. The van der Waals surface area contributed by atoms with Gasteiger partial charge in [-0.05, 0) is 31.5 Å². The van der Waals surface area contributed by atoms with Crippen molar-refractivity contribution in [2.75, 3.05) is 6.54 Å². The average molecular weight is 180 g/mol. The third-order valence-electron chi connectivity index (χ3n) is 1.87. The van der Waals surface area contributed by atoms with Crippen molar-refractivity contribution in [3.63, 3.8) is 0 Å². The highest BCUT2D eigenvalue weighted by Crippen LogP contribution is 1.95. The molecule has 0 unspecified atom stereocenters. The first-order valence-electron chi connectivity index (χ1n) is 4.61. The lowest BCUT2D eigenvalue weighted by molar-refractivity contribution is -0.117. The molecule has 3 nitrogen and oxygen atoms in total. The van der Waals surface area contributed by atoms with E-state index in [-0.39, 0.29) is 5.78 Å². The van der Waals surface area contributed by atoms with Gasteiger partial charge in [0.25, 0.3) is 0 Å². The number of aromatic nitrogens is 1. The van der Waals surface area contributed by atoms with Crippen molar-refractivity contribution in [2.24, 2.45) is 0 Å². The van der Waals surface area contributed by atoms with Crippen LogP contribution in [0.25, 0.3) is 0 Å². The molecule has 0 saturated carbocycles. The van der Waals surface area contributed by atoms with Crippen LogP contribution in [0.2, 0.25) is 0 Å².